The first-order valence-corrected chi connectivity index (χ1v) is 21.0. The van der Waals surface area contributed by atoms with E-state index in [2.05, 4.69) is 41.0 Å². The Balaban J connectivity index is 1.12. The molecule has 0 bridgehead atoms. The van der Waals surface area contributed by atoms with Gasteiger partial charge in [-0.3, -0.25) is 43.7 Å². The fourth-order valence-corrected chi connectivity index (χ4v) is 8.48. The van der Waals surface area contributed by atoms with E-state index in [1.807, 2.05) is 37.5 Å². The number of allylic oxidation sites excluding steroid dienone is 2. The van der Waals surface area contributed by atoms with Gasteiger partial charge >= 0.3 is 0 Å². The first-order chi connectivity index (χ1) is 30.3. The Kier molecular flexibility index (Phi) is 11.7. The molecule has 9 N–H and O–H groups in total. The molecule has 2 aliphatic rings. The number of anilines is 4. The number of rotatable bonds is 16. The van der Waals surface area contributed by atoms with Gasteiger partial charge in [-0.05, 0) is 64.8 Å². The SMILES string of the molecule is CCn1nc(C)cc1C(=O)Nc1nc2cc(C(N)=O)cc(NCCN3CC4(CCOCC4)C3)c2n1C/C=C/Cn1c(NC(=O)c2c(N)c(C)nn2CC)nc2cc(C(N)=O)cnc21. The number of primary amides is 2. The number of amides is 4. The predicted octanol–water partition coefficient (Wildman–Crippen LogP) is 2.90. The zero-order valence-electron chi connectivity index (χ0n) is 35.8. The van der Waals surface area contributed by atoms with Crippen LogP contribution in [-0.2, 0) is 30.9 Å². The minimum Gasteiger partial charge on any atom is -0.395 e. The summed E-state index contributed by atoms with van der Waals surface area (Å²) in [5, 5.41) is 18.2. The highest BCUT2D eigenvalue weighted by Gasteiger charge is 2.43. The molecule has 0 atom stereocenters. The molecule has 63 heavy (non-hydrogen) atoms. The average molecular weight is 861 g/mol. The van der Waals surface area contributed by atoms with E-state index in [9.17, 15) is 19.2 Å². The number of aryl methyl sites for hydroxylation is 4. The largest absolute Gasteiger partial charge is 0.395 e. The van der Waals surface area contributed by atoms with Crippen molar-refractivity contribution >= 4 is 69.1 Å². The van der Waals surface area contributed by atoms with Crippen LogP contribution >= 0.6 is 0 Å². The maximum atomic E-state index is 13.8. The van der Waals surface area contributed by atoms with Gasteiger partial charge in [0.2, 0.25) is 23.7 Å². The van der Waals surface area contributed by atoms with Gasteiger partial charge in [-0.1, -0.05) is 12.2 Å². The molecule has 8 rings (SSSR count). The van der Waals surface area contributed by atoms with Crippen molar-refractivity contribution in [3.8, 4) is 0 Å². The van der Waals surface area contributed by atoms with Gasteiger partial charge in [-0.2, -0.15) is 10.2 Å². The lowest BCUT2D eigenvalue weighted by atomic mass is 9.73. The minimum absolute atomic E-state index is 0.147. The van der Waals surface area contributed by atoms with Gasteiger partial charge in [0.05, 0.1) is 39.4 Å². The van der Waals surface area contributed by atoms with Gasteiger partial charge in [-0.25, -0.2) is 15.0 Å². The van der Waals surface area contributed by atoms with Gasteiger partial charge in [-0.15, -0.1) is 0 Å². The Morgan fingerprint density at radius 3 is 2.17 bits per heavy atom. The number of carbonyl (C=O) groups excluding carboxylic acids is 4. The van der Waals surface area contributed by atoms with E-state index < -0.39 is 23.6 Å². The normalized spacial score (nSPS) is 15.0. The molecule has 1 aromatic carbocycles. The minimum atomic E-state index is -0.676. The lowest BCUT2D eigenvalue weighted by Gasteiger charge is -2.52. The number of aromatic nitrogens is 9. The number of likely N-dealkylation sites (tertiary alicyclic amines) is 1. The number of hydrogen-bond donors (Lipinski definition) is 6. The number of benzene rings is 1. The number of nitrogens with zero attached hydrogens (tertiary/aromatic N) is 10. The highest BCUT2D eigenvalue weighted by atomic mass is 16.5. The van der Waals surface area contributed by atoms with Crippen LogP contribution in [0.1, 0.15) is 79.8 Å². The second-order valence-corrected chi connectivity index (χ2v) is 16.1. The Morgan fingerprint density at radius 1 is 0.825 bits per heavy atom. The number of nitrogens with two attached hydrogens (primary N) is 3. The van der Waals surface area contributed by atoms with Crippen LogP contribution in [0.3, 0.4) is 0 Å². The van der Waals surface area contributed by atoms with E-state index in [4.69, 9.17) is 26.9 Å². The first kappa shape index (κ1) is 42.6. The summed E-state index contributed by atoms with van der Waals surface area (Å²) in [4.78, 5) is 68.5. The maximum Gasteiger partial charge on any atom is 0.278 e. The molecule has 0 radical (unpaired) electrons. The summed E-state index contributed by atoms with van der Waals surface area (Å²) in [6.45, 7) is 13.5. The Labute approximate surface area is 362 Å². The standard InChI is InChI=1S/C42H52N16O5/c1-5-57-31(17-24(3)52-57)38(61)50-40-48-29-19-26(35(44)59)18-28(46-11-14-54-22-42(23-54)9-15-63-16-10-42)33(29)55(40)12-7-8-13-56-37-30(20-27(21-47-37)36(45)60)49-41(56)51-39(62)34-32(43)25(4)53-58(34)6-2/h7-8,17-21,46H,5-6,9-16,22-23,43H2,1-4H3,(H2,44,59)(H2,45,60)(H,48,50,61)(H,49,51,62)/b8-7+. The molecule has 21 heteroatoms. The molecule has 4 amide bonds. The quantitative estimate of drug-likeness (QED) is 0.0765. The number of pyridine rings is 1. The summed E-state index contributed by atoms with van der Waals surface area (Å²) < 4.78 is 12.3. The highest BCUT2D eigenvalue weighted by Crippen LogP contribution is 2.39. The molecule has 2 aliphatic heterocycles. The second-order valence-electron chi connectivity index (χ2n) is 16.1. The lowest BCUT2D eigenvalue weighted by Crippen LogP contribution is -2.59. The molecule has 7 heterocycles. The van der Waals surface area contributed by atoms with E-state index in [1.165, 1.54) is 16.9 Å². The summed E-state index contributed by atoms with van der Waals surface area (Å²) in [7, 11) is 0. The van der Waals surface area contributed by atoms with Crippen LogP contribution < -0.4 is 33.2 Å². The summed E-state index contributed by atoms with van der Waals surface area (Å²) >= 11 is 0. The van der Waals surface area contributed by atoms with Crippen LogP contribution in [-0.4, -0.2) is 112 Å². The number of nitrogen functional groups attached to an aromatic ring is 1. The number of imidazole rings is 2. The van der Waals surface area contributed by atoms with Crippen molar-refractivity contribution in [3.05, 3.63) is 76.5 Å². The van der Waals surface area contributed by atoms with Crippen molar-refractivity contribution in [2.75, 3.05) is 61.1 Å². The molecule has 2 saturated heterocycles. The molecule has 0 unspecified atom stereocenters. The van der Waals surface area contributed by atoms with Crippen molar-refractivity contribution in [2.24, 2.45) is 16.9 Å². The highest BCUT2D eigenvalue weighted by molar-refractivity contribution is 6.07. The van der Waals surface area contributed by atoms with E-state index >= 15 is 0 Å². The van der Waals surface area contributed by atoms with Crippen molar-refractivity contribution < 1.29 is 23.9 Å². The molecule has 0 aliphatic carbocycles. The number of nitrogens with one attached hydrogen (secondary N) is 3. The fourth-order valence-electron chi connectivity index (χ4n) is 8.48. The molecule has 1 spiro atoms. The molecular formula is C42H52N16O5. The second kappa shape index (κ2) is 17.3. The number of ether oxygens (including phenoxy) is 1. The molecule has 21 nitrogen and oxygen atoms in total. The van der Waals surface area contributed by atoms with Crippen LogP contribution in [0, 0.1) is 19.3 Å². The van der Waals surface area contributed by atoms with Crippen LogP contribution in [0.4, 0.5) is 23.3 Å². The van der Waals surface area contributed by atoms with Crippen molar-refractivity contribution in [1.29, 1.82) is 0 Å². The van der Waals surface area contributed by atoms with Gasteiger partial charge in [0.1, 0.15) is 16.9 Å². The molecule has 0 saturated carbocycles. The third kappa shape index (κ3) is 8.43. The van der Waals surface area contributed by atoms with Gasteiger partial charge in [0, 0.05) is 82.7 Å². The van der Waals surface area contributed by atoms with Gasteiger partial charge in [0.15, 0.2) is 5.65 Å². The maximum absolute atomic E-state index is 13.8. The number of carbonyl (C=O) groups is 4. The molecule has 2 fully saturated rings. The third-order valence-electron chi connectivity index (χ3n) is 11.7. The van der Waals surface area contributed by atoms with E-state index in [1.54, 1.807) is 34.4 Å². The Hall–Kier alpha value is -7.13. The van der Waals surface area contributed by atoms with Gasteiger partial charge in [0.25, 0.3) is 11.8 Å². The van der Waals surface area contributed by atoms with Crippen LogP contribution in [0.15, 0.2) is 42.6 Å². The van der Waals surface area contributed by atoms with Crippen LogP contribution in [0.25, 0.3) is 22.2 Å². The molecular weight excluding hydrogens is 809 g/mol. The van der Waals surface area contributed by atoms with Crippen molar-refractivity contribution in [3.63, 3.8) is 0 Å². The van der Waals surface area contributed by atoms with Crippen LogP contribution in [0.5, 0.6) is 0 Å². The smallest absolute Gasteiger partial charge is 0.278 e. The fraction of sp³-hybridized carbons (Fsp3) is 0.405. The Morgan fingerprint density at radius 2 is 1.48 bits per heavy atom. The molecule has 330 valence electrons. The summed E-state index contributed by atoms with van der Waals surface area (Å²) in [5.41, 5.74) is 22.8. The lowest BCUT2D eigenvalue weighted by molar-refractivity contribution is -0.0786. The summed E-state index contributed by atoms with van der Waals surface area (Å²) in [5.74, 6) is -1.84. The van der Waals surface area contributed by atoms with E-state index in [-0.39, 0.29) is 47.5 Å². The topological polar surface area (TPSA) is 279 Å². The van der Waals surface area contributed by atoms with Crippen LogP contribution in [0.2, 0.25) is 0 Å². The predicted molar refractivity (Wildman–Crippen MR) is 236 cm³/mol. The average Bonchev–Trinajstić information content (AvgIpc) is 3.99. The van der Waals surface area contributed by atoms with Gasteiger partial charge < -0.3 is 36.7 Å². The monoisotopic (exact) mass is 860 g/mol. The molecule has 6 aromatic rings. The van der Waals surface area contributed by atoms with E-state index in [0.717, 1.165) is 45.7 Å². The van der Waals surface area contributed by atoms with Crippen molar-refractivity contribution in [2.45, 2.75) is 66.7 Å². The first-order valence-electron chi connectivity index (χ1n) is 21.0. The molecule has 5 aromatic heterocycles. The third-order valence-corrected chi connectivity index (χ3v) is 11.7. The number of fused-ring (bicyclic) bond motifs is 2. The zero-order chi connectivity index (χ0) is 44.6. The van der Waals surface area contributed by atoms with Crippen molar-refractivity contribution in [1.82, 2.24) is 48.5 Å². The summed E-state index contributed by atoms with van der Waals surface area (Å²) in [6, 6.07) is 6.54. The van der Waals surface area contributed by atoms with E-state index in [0.29, 0.717) is 70.0 Å². The zero-order valence-corrected chi connectivity index (χ0v) is 35.8. The Bertz CT molecular complexity index is 2780. The number of hydrogen-bond acceptors (Lipinski definition) is 13. The summed E-state index contributed by atoms with van der Waals surface area (Å²) in [6.07, 6.45) is 7.21.